The van der Waals surface area contributed by atoms with E-state index in [0.717, 1.165) is 25.3 Å². The Morgan fingerprint density at radius 3 is 2.94 bits per heavy atom. The highest BCUT2D eigenvalue weighted by molar-refractivity contribution is 5.79. The number of rotatable bonds is 5. The first kappa shape index (κ1) is 12.9. The predicted octanol–water partition coefficient (Wildman–Crippen LogP) is 1.18. The number of nitrogens with one attached hydrogen (secondary N) is 2. The molecule has 2 atom stereocenters. The maximum absolute atomic E-state index is 11.8. The van der Waals surface area contributed by atoms with Crippen molar-refractivity contribution in [1.29, 1.82) is 0 Å². The van der Waals surface area contributed by atoms with Crippen LogP contribution in [0, 0.1) is 5.92 Å². The van der Waals surface area contributed by atoms with E-state index in [9.17, 15) is 4.79 Å². The topological polar surface area (TPSA) is 50.4 Å². The van der Waals surface area contributed by atoms with Gasteiger partial charge in [-0.2, -0.15) is 0 Å². The highest BCUT2D eigenvalue weighted by Crippen LogP contribution is 2.11. The average Bonchev–Trinajstić information content (AvgIpc) is 2.91. The van der Waals surface area contributed by atoms with Crippen LogP contribution in [0.25, 0.3) is 0 Å². The van der Waals surface area contributed by atoms with E-state index in [1.807, 2.05) is 37.3 Å². The molecule has 1 amide bonds. The Labute approximate surface area is 108 Å². The molecule has 0 saturated carbocycles. The fourth-order valence-electron chi connectivity index (χ4n) is 2.04. The third-order valence-corrected chi connectivity index (χ3v) is 3.08. The highest BCUT2D eigenvalue weighted by atomic mass is 16.5. The zero-order valence-electron chi connectivity index (χ0n) is 10.7. The minimum atomic E-state index is -0.0225. The van der Waals surface area contributed by atoms with E-state index < -0.39 is 0 Å². The standard InChI is InChI=1S/C14H20N2O2/c1-11(18-13-5-3-2-4-6-13)9-16-14(17)12-7-8-15-10-12/h2-6,11-12,15H,7-10H2,1H3,(H,16,17). The number of ether oxygens (including phenoxy) is 1. The molecule has 98 valence electrons. The van der Waals surface area contributed by atoms with Gasteiger partial charge in [-0.1, -0.05) is 18.2 Å². The molecular formula is C14H20N2O2. The molecule has 2 unspecified atom stereocenters. The highest BCUT2D eigenvalue weighted by Gasteiger charge is 2.22. The van der Waals surface area contributed by atoms with Crippen LogP contribution in [0.5, 0.6) is 5.75 Å². The Kier molecular flexibility index (Phi) is 4.59. The third kappa shape index (κ3) is 3.74. The summed E-state index contributed by atoms with van der Waals surface area (Å²) in [5.74, 6) is 1.08. The van der Waals surface area contributed by atoms with Crippen molar-refractivity contribution in [1.82, 2.24) is 10.6 Å². The van der Waals surface area contributed by atoms with E-state index in [0.29, 0.717) is 6.54 Å². The second-order valence-electron chi connectivity index (χ2n) is 4.68. The van der Waals surface area contributed by atoms with Gasteiger partial charge in [0.1, 0.15) is 11.9 Å². The van der Waals surface area contributed by atoms with Gasteiger partial charge in [-0.15, -0.1) is 0 Å². The summed E-state index contributed by atoms with van der Waals surface area (Å²) in [7, 11) is 0. The maximum Gasteiger partial charge on any atom is 0.224 e. The van der Waals surface area contributed by atoms with Gasteiger partial charge in [-0.25, -0.2) is 0 Å². The van der Waals surface area contributed by atoms with Crippen molar-refractivity contribution in [3.63, 3.8) is 0 Å². The quantitative estimate of drug-likeness (QED) is 0.822. The van der Waals surface area contributed by atoms with Crippen molar-refractivity contribution >= 4 is 5.91 Å². The minimum Gasteiger partial charge on any atom is -0.489 e. The lowest BCUT2D eigenvalue weighted by Gasteiger charge is -2.16. The van der Waals surface area contributed by atoms with Crippen LogP contribution in [0.1, 0.15) is 13.3 Å². The molecule has 1 fully saturated rings. The number of carbonyl (C=O) groups is 1. The summed E-state index contributed by atoms with van der Waals surface area (Å²) in [6.45, 7) is 4.23. The Hall–Kier alpha value is -1.55. The summed E-state index contributed by atoms with van der Waals surface area (Å²) >= 11 is 0. The second-order valence-corrected chi connectivity index (χ2v) is 4.68. The Bertz CT molecular complexity index is 375. The van der Waals surface area contributed by atoms with Gasteiger partial charge in [-0.05, 0) is 32.0 Å². The van der Waals surface area contributed by atoms with E-state index in [4.69, 9.17) is 4.74 Å². The molecule has 1 heterocycles. The molecule has 0 aliphatic carbocycles. The van der Waals surface area contributed by atoms with E-state index in [1.54, 1.807) is 0 Å². The minimum absolute atomic E-state index is 0.0225. The lowest BCUT2D eigenvalue weighted by molar-refractivity contribution is -0.124. The van der Waals surface area contributed by atoms with Gasteiger partial charge in [0.15, 0.2) is 0 Å². The normalized spacial score (nSPS) is 20.4. The first-order valence-electron chi connectivity index (χ1n) is 6.46. The van der Waals surface area contributed by atoms with Crippen molar-refractivity contribution in [2.24, 2.45) is 5.92 Å². The first-order chi connectivity index (χ1) is 8.75. The molecule has 1 aromatic rings. The SMILES string of the molecule is CC(CNC(=O)C1CCNC1)Oc1ccccc1. The van der Waals surface area contributed by atoms with Gasteiger partial charge in [0.25, 0.3) is 0 Å². The van der Waals surface area contributed by atoms with Crippen LogP contribution in [0.15, 0.2) is 30.3 Å². The van der Waals surface area contributed by atoms with Crippen LogP contribution in [-0.2, 0) is 4.79 Å². The van der Waals surface area contributed by atoms with Crippen LogP contribution < -0.4 is 15.4 Å². The van der Waals surface area contributed by atoms with Crippen LogP contribution in [0.4, 0.5) is 0 Å². The number of hydrogen-bond acceptors (Lipinski definition) is 3. The molecule has 1 aromatic carbocycles. The molecule has 4 nitrogen and oxygen atoms in total. The zero-order chi connectivity index (χ0) is 12.8. The number of hydrogen-bond donors (Lipinski definition) is 2. The van der Waals surface area contributed by atoms with Crippen LogP contribution >= 0.6 is 0 Å². The molecule has 18 heavy (non-hydrogen) atoms. The Morgan fingerprint density at radius 1 is 1.50 bits per heavy atom. The average molecular weight is 248 g/mol. The maximum atomic E-state index is 11.8. The van der Waals surface area contributed by atoms with E-state index in [2.05, 4.69) is 10.6 Å². The van der Waals surface area contributed by atoms with Gasteiger partial charge in [0, 0.05) is 6.54 Å². The number of carbonyl (C=O) groups excluding carboxylic acids is 1. The van der Waals surface area contributed by atoms with E-state index in [-0.39, 0.29) is 17.9 Å². The number of amides is 1. The molecule has 0 spiro atoms. The molecule has 1 aliphatic rings. The monoisotopic (exact) mass is 248 g/mol. The van der Waals surface area contributed by atoms with Gasteiger partial charge >= 0.3 is 0 Å². The van der Waals surface area contributed by atoms with Crippen molar-refractivity contribution in [3.8, 4) is 5.75 Å². The van der Waals surface area contributed by atoms with E-state index >= 15 is 0 Å². The summed E-state index contributed by atoms with van der Waals surface area (Å²) < 4.78 is 5.70. The molecule has 1 saturated heterocycles. The molecule has 0 radical (unpaired) electrons. The summed E-state index contributed by atoms with van der Waals surface area (Å²) in [6, 6.07) is 9.65. The first-order valence-corrected chi connectivity index (χ1v) is 6.46. The van der Waals surface area contributed by atoms with Crippen LogP contribution in [0.2, 0.25) is 0 Å². The molecule has 2 N–H and O–H groups in total. The lowest BCUT2D eigenvalue weighted by Crippen LogP contribution is -2.38. The second kappa shape index (κ2) is 6.40. The molecule has 1 aliphatic heterocycles. The molecule has 0 aromatic heterocycles. The fraction of sp³-hybridized carbons (Fsp3) is 0.500. The summed E-state index contributed by atoms with van der Waals surface area (Å²) in [5, 5.41) is 6.13. The van der Waals surface area contributed by atoms with Crippen molar-refractivity contribution in [3.05, 3.63) is 30.3 Å². The summed E-state index contributed by atoms with van der Waals surface area (Å²) in [6.07, 6.45) is 0.908. The van der Waals surface area contributed by atoms with Crippen molar-refractivity contribution in [2.75, 3.05) is 19.6 Å². The Balaban J connectivity index is 1.71. The third-order valence-electron chi connectivity index (χ3n) is 3.08. The zero-order valence-corrected chi connectivity index (χ0v) is 10.7. The van der Waals surface area contributed by atoms with Gasteiger partial charge in [0.2, 0.25) is 5.91 Å². The fourth-order valence-corrected chi connectivity index (χ4v) is 2.04. The number of benzene rings is 1. The molecule has 4 heteroatoms. The molecule has 2 rings (SSSR count). The van der Waals surface area contributed by atoms with Crippen molar-refractivity contribution < 1.29 is 9.53 Å². The van der Waals surface area contributed by atoms with Gasteiger partial charge in [0.05, 0.1) is 12.5 Å². The van der Waals surface area contributed by atoms with Crippen LogP contribution in [-0.4, -0.2) is 31.6 Å². The lowest BCUT2D eigenvalue weighted by atomic mass is 10.1. The van der Waals surface area contributed by atoms with Gasteiger partial charge < -0.3 is 15.4 Å². The molecule has 0 bridgehead atoms. The van der Waals surface area contributed by atoms with Crippen LogP contribution in [0.3, 0.4) is 0 Å². The predicted molar refractivity (Wildman–Crippen MR) is 70.5 cm³/mol. The van der Waals surface area contributed by atoms with E-state index in [1.165, 1.54) is 0 Å². The molecular weight excluding hydrogens is 228 g/mol. The van der Waals surface area contributed by atoms with Crippen molar-refractivity contribution in [2.45, 2.75) is 19.4 Å². The van der Waals surface area contributed by atoms with Gasteiger partial charge in [-0.3, -0.25) is 4.79 Å². The summed E-state index contributed by atoms with van der Waals surface area (Å²) in [4.78, 5) is 11.8. The smallest absolute Gasteiger partial charge is 0.224 e. The number of para-hydroxylation sites is 1. The largest absolute Gasteiger partial charge is 0.489 e. The summed E-state index contributed by atoms with van der Waals surface area (Å²) in [5.41, 5.74) is 0. The Morgan fingerprint density at radius 2 is 2.28 bits per heavy atom.